The van der Waals surface area contributed by atoms with Gasteiger partial charge in [0.25, 0.3) is 0 Å². The molecule has 0 bridgehead atoms. The monoisotopic (exact) mass is 133 g/mol. The lowest BCUT2D eigenvalue weighted by Crippen LogP contribution is -2.16. The maximum Gasteiger partial charge on any atom is -0.0136 e. The number of rotatable bonds is 0. The van der Waals surface area contributed by atoms with E-state index >= 15 is 0 Å². The van der Waals surface area contributed by atoms with Crippen molar-refractivity contribution in [3.8, 4) is 0 Å². The van der Waals surface area contributed by atoms with Crippen molar-refractivity contribution in [3.63, 3.8) is 0 Å². The van der Waals surface area contributed by atoms with Gasteiger partial charge >= 0.3 is 0 Å². The van der Waals surface area contributed by atoms with E-state index in [-0.39, 0.29) is 0 Å². The fourth-order valence-corrected chi connectivity index (χ4v) is 1.84. The Hall–Kier alpha value is -0.520. The van der Waals surface area contributed by atoms with Gasteiger partial charge in [-0.3, -0.25) is 0 Å². The van der Waals surface area contributed by atoms with Gasteiger partial charge in [0.15, 0.2) is 0 Å². The zero-order valence-corrected chi connectivity index (χ0v) is 6.16. The molecule has 0 N–H and O–H groups in total. The van der Waals surface area contributed by atoms with Gasteiger partial charge in [-0.05, 0) is 37.5 Å². The molecule has 2 rings (SSSR count). The first-order valence-corrected chi connectivity index (χ1v) is 4.13. The van der Waals surface area contributed by atoms with Crippen molar-refractivity contribution in [2.24, 2.45) is 11.8 Å². The Morgan fingerprint density at radius 3 is 3.00 bits per heavy atom. The van der Waals surface area contributed by atoms with Crippen LogP contribution in [0.25, 0.3) is 0 Å². The van der Waals surface area contributed by atoms with Crippen LogP contribution in [0.5, 0.6) is 0 Å². The van der Waals surface area contributed by atoms with Gasteiger partial charge in [-0.2, -0.15) is 0 Å². The van der Waals surface area contributed by atoms with Crippen LogP contribution in [0.1, 0.15) is 19.3 Å². The molecule has 0 amide bonds. The van der Waals surface area contributed by atoms with E-state index < -0.39 is 0 Å². The maximum absolute atomic E-state index is 2.42. The summed E-state index contributed by atoms with van der Waals surface area (Å²) in [6.45, 7) is 0. The summed E-state index contributed by atoms with van der Waals surface area (Å²) in [5, 5.41) is 0. The third kappa shape index (κ3) is 1.03. The van der Waals surface area contributed by atoms with Crippen LogP contribution in [0, 0.1) is 18.3 Å². The zero-order valence-electron chi connectivity index (χ0n) is 6.16. The molecule has 2 aliphatic rings. The molecule has 2 unspecified atom stereocenters. The quantitative estimate of drug-likeness (QED) is 0.446. The molecule has 2 aliphatic carbocycles. The largest absolute Gasteiger partial charge is 0.0882 e. The summed E-state index contributed by atoms with van der Waals surface area (Å²) in [6, 6.07) is 0. The second-order valence-electron chi connectivity index (χ2n) is 3.15. The minimum absolute atomic E-state index is 0.763. The number of allylic oxidation sites excluding steroid dienone is 4. The van der Waals surface area contributed by atoms with Crippen molar-refractivity contribution in [3.05, 3.63) is 30.7 Å². The molecule has 0 aromatic rings. The van der Waals surface area contributed by atoms with Crippen LogP contribution in [0.3, 0.4) is 0 Å². The van der Waals surface area contributed by atoms with E-state index in [4.69, 9.17) is 0 Å². The van der Waals surface area contributed by atoms with Crippen molar-refractivity contribution < 1.29 is 0 Å². The van der Waals surface area contributed by atoms with Crippen molar-refractivity contribution in [2.75, 3.05) is 0 Å². The standard InChI is InChI=1S/C10H13/c1-2-6-10-8-4-3-7-9(10)5-1/h1,4-6,8-10H,2-3,7H2. The van der Waals surface area contributed by atoms with Crippen LogP contribution in [0.2, 0.25) is 0 Å². The highest BCUT2D eigenvalue weighted by Crippen LogP contribution is 2.31. The van der Waals surface area contributed by atoms with Gasteiger partial charge in [-0.1, -0.05) is 24.3 Å². The molecule has 0 aliphatic heterocycles. The predicted molar refractivity (Wildman–Crippen MR) is 43.4 cm³/mol. The Kier molecular flexibility index (Phi) is 1.62. The van der Waals surface area contributed by atoms with E-state index in [2.05, 4.69) is 30.7 Å². The molecule has 53 valence electrons. The Balaban J connectivity index is 2.14. The minimum atomic E-state index is 0.763. The molecule has 0 heteroatoms. The SMILES string of the molecule is [CH]1CC=CC2CCC=CC12. The second kappa shape index (κ2) is 2.61. The normalized spacial score (nSPS) is 37.6. The third-order valence-electron chi connectivity index (χ3n) is 2.45. The summed E-state index contributed by atoms with van der Waals surface area (Å²) >= 11 is 0. The molecule has 0 nitrogen and oxygen atoms in total. The summed E-state index contributed by atoms with van der Waals surface area (Å²) in [7, 11) is 0. The summed E-state index contributed by atoms with van der Waals surface area (Å²) in [4.78, 5) is 0. The highest BCUT2D eigenvalue weighted by atomic mass is 14.2. The van der Waals surface area contributed by atoms with Gasteiger partial charge < -0.3 is 0 Å². The average molecular weight is 133 g/mol. The smallest absolute Gasteiger partial charge is 0.0136 e. The zero-order chi connectivity index (χ0) is 6.81. The topological polar surface area (TPSA) is 0 Å². The van der Waals surface area contributed by atoms with Crippen LogP contribution in [0.4, 0.5) is 0 Å². The molecule has 0 saturated carbocycles. The Labute approximate surface area is 62.6 Å². The lowest BCUT2D eigenvalue weighted by atomic mass is 9.78. The molecular formula is C10H13. The van der Waals surface area contributed by atoms with Gasteiger partial charge in [0.2, 0.25) is 0 Å². The summed E-state index contributed by atoms with van der Waals surface area (Å²) in [5.41, 5.74) is 0. The Morgan fingerprint density at radius 2 is 2.10 bits per heavy atom. The van der Waals surface area contributed by atoms with Gasteiger partial charge in [-0.25, -0.2) is 0 Å². The molecule has 0 saturated heterocycles. The number of fused-ring (bicyclic) bond motifs is 1. The summed E-state index contributed by atoms with van der Waals surface area (Å²) in [6.07, 6.45) is 15.6. The molecule has 0 spiro atoms. The van der Waals surface area contributed by atoms with E-state index in [1.807, 2.05) is 0 Å². The first kappa shape index (κ1) is 6.21. The molecule has 10 heavy (non-hydrogen) atoms. The fourth-order valence-electron chi connectivity index (χ4n) is 1.84. The Bertz CT molecular complexity index is 145. The van der Waals surface area contributed by atoms with Crippen molar-refractivity contribution >= 4 is 0 Å². The molecule has 2 atom stereocenters. The lowest BCUT2D eigenvalue weighted by Gasteiger charge is -2.27. The number of hydrogen-bond donors (Lipinski definition) is 0. The molecular weight excluding hydrogens is 120 g/mol. The summed E-state index contributed by atoms with van der Waals surface area (Å²) in [5.74, 6) is 1.59. The van der Waals surface area contributed by atoms with Gasteiger partial charge in [-0.15, -0.1) is 0 Å². The van der Waals surface area contributed by atoms with Crippen LogP contribution in [-0.2, 0) is 0 Å². The highest BCUT2D eigenvalue weighted by molar-refractivity contribution is 5.13. The number of hydrogen-bond acceptors (Lipinski definition) is 0. The van der Waals surface area contributed by atoms with Crippen LogP contribution >= 0.6 is 0 Å². The molecule has 1 radical (unpaired) electrons. The molecule has 0 fully saturated rings. The minimum Gasteiger partial charge on any atom is -0.0882 e. The second-order valence-corrected chi connectivity index (χ2v) is 3.15. The summed E-state index contributed by atoms with van der Waals surface area (Å²) < 4.78 is 0. The van der Waals surface area contributed by atoms with Gasteiger partial charge in [0.1, 0.15) is 0 Å². The van der Waals surface area contributed by atoms with Crippen LogP contribution < -0.4 is 0 Å². The fraction of sp³-hybridized carbons (Fsp3) is 0.500. The Morgan fingerprint density at radius 1 is 1.10 bits per heavy atom. The molecule has 0 heterocycles. The van der Waals surface area contributed by atoms with Gasteiger partial charge in [0.05, 0.1) is 0 Å². The van der Waals surface area contributed by atoms with Crippen molar-refractivity contribution in [1.82, 2.24) is 0 Å². The van der Waals surface area contributed by atoms with E-state index in [0.29, 0.717) is 0 Å². The first-order valence-electron chi connectivity index (χ1n) is 4.13. The third-order valence-corrected chi connectivity index (χ3v) is 2.45. The van der Waals surface area contributed by atoms with E-state index in [9.17, 15) is 0 Å². The van der Waals surface area contributed by atoms with Crippen molar-refractivity contribution in [1.29, 1.82) is 0 Å². The molecule has 0 aromatic heterocycles. The van der Waals surface area contributed by atoms with Gasteiger partial charge in [0, 0.05) is 0 Å². The average Bonchev–Trinajstić information content (AvgIpc) is 2.05. The predicted octanol–water partition coefficient (Wildman–Crippen LogP) is 2.73. The first-order chi connectivity index (χ1) is 4.97. The molecule has 0 aromatic carbocycles. The maximum atomic E-state index is 2.42. The lowest BCUT2D eigenvalue weighted by molar-refractivity contribution is 0.455. The highest BCUT2D eigenvalue weighted by Gasteiger charge is 2.20. The van der Waals surface area contributed by atoms with Crippen LogP contribution in [-0.4, -0.2) is 0 Å². The van der Waals surface area contributed by atoms with E-state index in [1.54, 1.807) is 0 Å². The van der Waals surface area contributed by atoms with Crippen LogP contribution in [0.15, 0.2) is 24.3 Å². The van der Waals surface area contributed by atoms with Crippen molar-refractivity contribution in [2.45, 2.75) is 19.3 Å². The van der Waals surface area contributed by atoms with E-state index in [1.165, 1.54) is 19.3 Å². The van der Waals surface area contributed by atoms with E-state index in [0.717, 1.165) is 11.8 Å².